The second-order valence-corrected chi connectivity index (χ2v) is 5.36. The summed E-state index contributed by atoms with van der Waals surface area (Å²) < 4.78 is 12.2. The first-order valence-electron chi connectivity index (χ1n) is 7.59. The van der Waals surface area contributed by atoms with Crippen LogP contribution < -0.4 is 9.47 Å². The number of fused-ring (bicyclic) bond motifs is 1. The summed E-state index contributed by atoms with van der Waals surface area (Å²) in [5.74, 6) is 1.19. The van der Waals surface area contributed by atoms with E-state index in [4.69, 9.17) is 9.47 Å². The maximum absolute atomic E-state index is 12.2. The molecule has 1 aromatic carbocycles. The molecule has 0 radical (unpaired) electrons. The van der Waals surface area contributed by atoms with Gasteiger partial charge >= 0.3 is 5.97 Å². The lowest BCUT2D eigenvalue weighted by molar-refractivity contribution is -0.134. The lowest BCUT2D eigenvalue weighted by atomic mass is 10.1. The molecule has 3 rings (SSSR count). The van der Waals surface area contributed by atoms with Gasteiger partial charge in [0.15, 0.2) is 11.5 Å². The third-order valence-electron chi connectivity index (χ3n) is 3.86. The summed E-state index contributed by atoms with van der Waals surface area (Å²) in [6.07, 6.45) is 2.23. The number of para-hydroxylation sites is 2. The third kappa shape index (κ3) is 3.05. The molecule has 0 aliphatic heterocycles. The van der Waals surface area contributed by atoms with Crippen molar-refractivity contribution in [3.8, 4) is 11.5 Å². The first-order valence-corrected chi connectivity index (χ1v) is 7.59. The van der Waals surface area contributed by atoms with Crippen molar-refractivity contribution >= 4 is 11.7 Å². The molecule has 7 heteroatoms. The molecule has 2 heterocycles. The molecule has 7 nitrogen and oxygen atoms in total. The molecule has 0 unspecified atom stereocenters. The van der Waals surface area contributed by atoms with Crippen molar-refractivity contribution in [1.29, 1.82) is 0 Å². The SMILES string of the molecule is COc1ccccc1OC(=O)CCc1c(C)nc2ncnn2c1C. The van der Waals surface area contributed by atoms with E-state index in [0.717, 1.165) is 17.0 Å². The quantitative estimate of drug-likeness (QED) is 0.529. The summed E-state index contributed by atoms with van der Waals surface area (Å²) in [5.41, 5.74) is 2.75. The van der Waals surface area contributed by atoms with Crippen LogP contribution in [0.15, 0.2) is 30.6 Å². The van der Waals surface area contributed by atoms with Crippen LogP contribution in [0.1, 0.15) is 23.4 Å². The Morgan fingerprint density at radius 3 is 2.71 bits per heavy atom. The first-order chi connectivity index (χ1) is 11.6. The second kappa shape index (κ2) is 6.66. The van der Waals surface area contributed by atoms with Gasteiger partial charge in [0.1, 0.15) is 6.33 Å². The van der Waals surface area contributed by atoms with E-state index in [0.29, 0.717) is 23.7 Å². The summed E-state index contributed by atoms with van der Waals surface area (Å²) >= 11 is 0. The van der Waals surface area contributed by atoms with E-state index in [-0.39, 0.29) is 12.4 Å². The number of aryl methyl sites for hydroxylation is 2. The van der Waals surface area contributed by atoms with Gasteiger partial charge in [-0.25, -0.2) is 9.50 Å². The van der Waals surface area contributed by atoms with Crippen molar-refractivity contribution in [2.45, 2.75) is 26.7 Å². The van der Waals surface area contributed by atoms with Crippen LogP contribution in [0, 0.1) is 13.8 Å². The van der Waals surface area contributed by atoms with Gasteiger partial charge in [0.05, 0.1) is 13.5 Å². The summed E-state index contributed by atoms with van der Waals surface area (Å²) in [5, 5.41) is 4.15. The first kappa shape index (κ1) is 15.9. The van der Waals surface area contributed by atoms with Crippen molar-refractivity contribution < 1.29 is 14.3 Å². The molecule has 0 saturated carbocycles. The van der Waals surface area contributed by atoms with E-state index >= 15 is 0 Å². The summed E-state index contributed by atoms with van der Waals surface area (Å²) in [6, 6.07) is 7.07. The topological polar surface area (TPSA) is 78.6 Å². The third-order valence-corrected chi connectivity index (χ3v) is 3.86. The molecule has 0 amide bonds. The fraction of sp³-hybridized carbons (Fsp3) is 0.294. The number of hydrogen-bond donors (Lipinski definition) is 0. The molecule has 2 aromatic heterocycles. The number of benzene rings is 1. The van der Waals surface area contributed by atoms with Gasteiger partial charge in [-0.15, -0.1) is 0 Å². The van der Waals surface area contributed by atoms with E-state index in [2.05, 4.69) is 15.1 Å². The second-order valence-electron chi connectivity index (χ2n) is 5.36. The van der Waals surface area contributed by atoms with Crippen LogP contribution in [0.5, 0.6) is 11.5 Å². The minimum absolute atomic E-state index is 0.238. The highest BCUT2D eigenvalue weighted by Crippen LogP contribution is 2.26. The predicted octanol–water partition coefficient (Wildman–Crippen LogP) is 2.29. The van der Waals surface area contributed by atoms with Crippen molar-refractivity contribution in [3.63, 3.8) is 0 Å². The van der Waals surface area contributed by atoms with Crippen LogP contribution in [0.2, 0.25) is 0 Å². The van der Waals surface area contributed by atoms with Crippen LogP contribution >= 0.6 is 0 Å². The van der Waals surface area contributed by atoms with Gasteiger partial charge in [0.2, 0.25) is 0 Å². The van der Waals surface area contributed by atoms with Crippen LogP contribution in [0.3, 0.4) is 0 Å². The molecule has 0 saturated heterocycles. The van der Waals surface area contributed by atoms with Crippen LogP contribution in [0.4, 0.5) is 0 Å². The standard InChI is InChI=1S/C17H18N4O3/c1-11-13(12(2)21-17(20-11)18-10-19-21)8-9-16(22)24-15-7-5-4-6-14(15)23-3/h4-7,10H,8-9H2,1-3H3. The molecular weight excluding hydrogens is 308 g/mol. The van der Waals surface area contributed by atoms with E-state index < -0.39 is 0 Å². The minimum atomic E-state index is -0.322. The highest BCUT2D eigenvalue weighted by molar-refractivity contribution is 5.73. The Morgan fingerprint density at radius 1 is 1.21 bits per heavy atom. The highest BCUT2D eigenvalue weighted by atomic mass is 16.6. The summed E-state index contributed by atoms with van der Waals surface area (Å²) in [7, 11) is 1.54. The number of hydrogen-bond acceptors (Lipinski definition) is 6. The Balaban J connectivity index is 1.72. The van der Waals surface area contributed by atoms with Gasteiger partial charge in [0.25, 0.3) is 5.78 Å². The zero-order valence-electron chi connectivity index (χ0n) is 13.8. The van der Waals surface area contributed by atoms with Crippen LogP contribution in [-0.4, -0.2) is 32.7 Å². The fourth-order valence-corrected chi connectivity index (χ4v) is 2.62. The van der Waals surface area contributed by atoms with Crippen molar-refractivity contribution in [2.75, 3.05) is 7.11 Å². The average Bonchev–Trinajstić information content (AvgIpc) is 3.03. The minimum Gasteiger partial charge on any atom is -0.493 e. The predicted molar refractivity (Wildman–Crippen MR) is 87.2 cm³/mol. The Morgan fingerprint density at radius 2 is 1.96 bits per heavy atom. The van der Waals surface area contributed by atoms with Crippen molar-refractivity contribution in [3.05, 3.63) is 47.5 Å². The van der Waals surface area contributed by atoms with Gasteiger partial charge in [-0.05, 0) is 38.0 Å². The van der Waals surface area contributed by atoms with E-state index in [9.17, 15) is 4.79 Å². The van der Waals surface area contributed by atoms with Crippen molar-refractivity contribution in [1.82, 2.24) is 19.6 Å². The zero-order chi connectivity index (χ0) is 17.1. The molecule has 3 aromatic rings. The fourth-order valence-electron chi connectivity index (χ4n) is 2.62. The number of carbonyl (C=O) groups excluding carboxylic acids is 1. The summed E-state index contributed by atoms with van der Waals surface area (Å²) in [6.45, 7) is 3.85. The van der Waals surface area contributed by atoms with Crippen LogP contribution in [-0.2, 0) is 11.2 Å². The Kier molecular flexibility index (Phi) is 4.41. The number of nitrogens with zero attached hydrogens (tertiary/aromatic N) is 4. The van der Waals surface area contributed by atoms with Gasteiger partial charge in [0, 0.05) is 11.4 Å². The monoisotopic (exact) mass is 326 g/mol. The molecule has 0 aliphatic carbocycles. The number of methoxy groups -OCH3 is 1. The van der Waals surface area contributed by atoms with E-state index in [1.165, 1.54) is 6.33 Å². The zero-order valence-corrected chi connectivity index (χ0v) is 13.8. The molecule has 0 spiro atoms. The Hall–Kier alpha value is -2.96. The lowest BCUT2D eigenvalue weighted by Crippen LogP contribution is -2.12. The number of ether oxygens (including phenoxy) is 2. The number of aromatic nitrogens is 4. The molecule has 124 valence electrons. The molecule has 0 fully saturated rings. The van der Waals surface area contributed by atoms with E-state index in [1.54, 1.807) is 29.8 Å². The smallest absolute Gasteiger partial charge is 0.311 e. The Labute approximate surface area is 139 Å². The number of rotatable bonds is 5. The lowest BCUT2D eigenvalue weighted by Gasteiger charge is -2.11. The molecule has 24 heavy (non-hydrogen) atoms. The van der Waals surface area contributed by atoms with Crippen LogP contribution in [0.25, 0.3) is 5.78 Å². The van der Waals surface area contributed by atoms with Gasteiger partial charge in [-0.1, -0.05) is 12.1 Å². The number of carbonyl (C=O) groups is 1. The molecule has 0 bridgehead atoms. The molecule has 0 aliphatic rings. The number of esters is 1. The maximum atomic E-state index is 12.2. The van der Waals surface area contributed by atoms with Gasteiger partial charge < -0.3 is 9.47 Å². The normalized spacial score (nSPS) is 10.8. The molecule has 0 atom stereocenters. The highest BCUT2D eigenvalue weighted by Gasteiger charge is 2.14. The molecular formula is C17H18N4O3. The summed E-state index contributed by atoms with van der Waals surface area (Å²) in [4.78, 5) is 20.6. The van der Waals surface area contributed by atoms with Crippen molar-refractivity contribution in [2.24, 2.45) is 0 Å². The average molecular weight is 326 g/mol. The molecule has 0 N–H and O–H groups in total. The van der Waals surface area contributed by atoms with Gasteiger partial charge in [-0.2, -0.15) is 10.1 Å². The van der Waals surface area contributed by atoms with E-state index in [1.807, 2.05) is 19.9 Å². The largest absolute Gasteiger partial charge is 0.493 e. The van der Waals surface area contributed by atoms with Gasteiger partial charge in [-0.3, -0.25) is 4.79 Å². The Bertz CT molecular complexity index is 889. The maximum Gasteiger partial charge on any atom is 0.311 e.